The number of rotatable bonds is 2. The van der Waals surface area contributed by atoms with E-state index in [0.29, 0.717) is 6.10 Å². The van der Waals surface area contributed by atoms with E-state index in [0.717, 1.165) is 44.7 Å². The number of aliphatic hydroxyl groups excluding tert-OH is 1. The summed E-state index contributed by atoms with van der Waals surface area (Å²) >= 11 is 0. The Kier molecular flexibility index (Phi) is 3.16. The molecule has 4 nitrogen and oxygen atoms in total. The van der Waals surface area contributed by atoms with E-state index >= 15 is 0 Å². The summed E-state index contributed by atoms with van der Waals surface area (Å²) in [5, 5.41) is 9.62. The van der Waals surface area contributed by atoms with Gasteiger partial charge in [0.1, 0.15) is 5.82 Å². The Bertz CT molecular complexity index is 383. The minimum atomic E-state index is -0.182. The van der Waals surface area contributed by atoms with Crippen LogP contribution in [0.5, 0.6) is 0 Å². The van der Waals surface area contributed by atoms with E-state index in [1.807, 2.05) is 6.20 Å². The van der Waals surface area contributed by atoms with E-state index in [1.54, 1.807) is 0 Å². The van der Waals surface area contributed by atoms with Gasteiger partial charge in [-0.3, -0.25) is 0 Å². The summed E-state index contributed by atoms with van der Waals surface area (Å²) in [5.41, 5.74) is 1.18. The minimum Gasteiger partial charge on any atom is -0.393 e. The molecule has 1 N–H and O–H groups in total. The second-order valence-corrected chi connectivity index (χ2v) is 5.16. The molecule has 3 rings (SSSR count). The van der Waals surface area contributed by atoms with Crippen LogP contribution in [0.25, 0.3) is 0 Å². The number of imidazole rings is 1. The van der Waals surface area contributed by atoms with Crippen molar-refractivity contribution in [2.75, 3.05) is 6.61 Å². The van der Waals surface area contributed by atoms with Crippen LogP contribution in [-0.4, -0.2) is 33.5 Å². The fourth-order valence-electron chi connectivity index (χ4n) is 2.85. The van der Waals surface area contributed by atoms with Crippen LogP contribution in [0, 0.1) is 0 Å². The van der Waals surface area contributed by atoms with Gasteiger partial charge in [-0.25, -0.2) is 4.98 Å². The Balaban J connectivity index is 1.71. The van der Waals surface area contributed by atoms with Crippen molar-refractivity contribution in [2.45, 2.75) is 57.3 Å². The standard InChI is InChI=1S/C13H20N2O2/c16-11-4-5-15-10(7-11)9-14-13(15)8-12-3-1-2-6-17-12/h9,11-12,16H,1-8H2. The smallest absolute Gasteiger partial charge is 0.111 e. The Morgan fingerprint density at radius 3 is 3.18 bits per heavy atom. The second kappa shape index (κ2) is 4.78. The van der Waals surface area contributed by atoms with Crippen LogP contribution in [-0.2, 0) is 24.1 Å². The summed E-state index contributed by atoms with van der Waals surface area (Å²) < 4.78 is 8.03. The maximum atomic E-state index is 9.62. The number of hydrogen-bond acceptors (Lipinski definition) is 3. The Labute approximate surface area is 102 Å². The number of fused-ring (bicyclic) bond motifs is 1. The van der Waals surface area contributed by atoms with Gasteiger partial charge in [0.2, 0.25) is 0 Å². The number of nitrogens with zero attached hydrogens (tertiary/aromatic N) is 2. The highest BCUT2D eigenvalue weighted by Gasteiger charge is 2.22. The molecule has 3 heterocycles. The lowest BCUT2D eigenvalue weighted by Gasteiger charge is -2.25. The molecule has 2 atom stereocenters. The molecule has 1 aromatic rings. The van der Waals surface area contributed by atoms with Crippen molar-refractivity contribution >= 4 is 0 Å². The highest BCUT2D eigenvalue weighted by molar-refractivity contribution is 5.10. The highest BCUT2D eigenvalue weighted by Crippen LogP contribution is 2.21. The first-order valence-corrected chi connectivity index (χ1v) is 6.66. The third-order valence-corrected chi connectivity index (χ3v) is 3.84. The van der Waals surface area contributed by atoms with Crippen molar-refractivity contribution in [3.05, 3.63) is 17.7 Å². The predicted molar refractivity (Wildman–Crippen MR) is 63.8 cm³/mol. The molecule has 0 amide bonds. The van der Waals surface area contributed by atoms with Gasteiger partial charge < -0.3 is 14.4 Å². The van der Waals surface area contributed by atoms with Gasteiger partial charge in [0.25, 0.3) is 0 Å². The first-order chi connectivity index (χ1) is 8.33. The monoisotopic (exact) mass is 236 g/mol. The van der Waals surface area contributed by atoms with Crippen LogP contribution in [0.2, 0.25) is 0 Å². The second-order valence-electron chi connectivity index (χ2n) is 5.16. The fraction of sp³-hybridized carbons (Fsp3) is 0.769. The van der Waals surface area contributed by atoms with Crippen LogP contribution in [0.1, 0.15) is 37.2 Å². The molecular formula is C13H20N2O2. The molecule has 2 unspecified atom stereocenters. The van der Waals surface area contributed by atoms with Crippen molar-refractivity contribution in [2.24, 2.45) is 0 Å². The quantitative estimate of drug-likeness (QED) is 0.842. The van der Waals surface area contributed by atoms with Crippen molar-refractivity contribution < 1.29 is 9.84 Å². The van der Waals surface area contributed by atoms with Crippen molar-refractivity contribution in [1.29, 1.82) is 0 Å². The average Bonchev–Trinajstić information content (AvgIpc) is 2.73. The average molecular weight is 236 g/mol. The molecule has 1 fully saturated rings. The van der Waals surface area contributed by atoms with Crippen LogP contribution in [0.15, 0.2) is 6.20 Å². The topological polar surface area (TPSA) is 47.3 Å². The fourth-order valence-corrected chi connectivity index (χ4v) is 2.85. The molecule has 4 heteroatoms. The van der Waals surface area contributed by atoms with Crippen molar-refractivity contribution in [3.63, 3.8) is 0 Å². The molecule has 0 aromatic carbocycles. The normalized spacial score (nSPS) is 29.0. The highest BCUT2D eigenvalue weighted by atomic mass is 16.5. The minimum absolute atomic E-state index is 0.182. The van der Waals surface area contributed by atoms with E-state index in [1.165, 1.54) is 18.5 Å². The van der Waals surface area contributed by atoms with E-state index < -0.39 is 0 Å². The van der Waals surface area contributed by atoms with Crippen LogP contribution < -0.4 is 0 Å². The first-order valence-electron chi connectivity index (χ1n) is 6.66. The third kappa shape index (κ3) is 2.38. The SMILES string of the molecule is OC1CCn2c(cnc2CC2CCCCO2)C1. The molecule has 94 valence electrons. The van der Waals surface area contributed by atoms with Crippen LogP contribution in [0.3, 0.4) is 0 Å². The zero-order valence-electron chi connectivity index (χ0n) is 10.1. The van der Waals surface area contributed by atoms with Crippen molar-refractivity contribution in [1.82, 2.24) is 9.55 Å². The number of aromatic nitrogens is 2. The summed E-state index contributed by atoms with van der Waals surface area (Å²) in [7, 11) is 0. The lowest BCUT2D eigenvalue weighted by molar-refractivity contribution is 0.0149. The lowest BCUT2D eigenvalue weighted by atomic mass is 10.0. The molecule has 2 aliphatic heterocycles. The summed E-state index contributed by atoms with van der Waals surface area (Å²) in [4.78, 5) is 4.50. The molecule has 0 aliphatic carbocycles. The molecular weight excluding hydrogens is 216 g/mol. The lowest BCUT2D eigenvalue weighted by Crippen LogP contribution is -2.27. The summed E-state index contributed by atoms with van der Waals surface area (Å²) in [6, 6.07) is 0. The molecule has 0 bridgehead atoms. The maximum absolute atomic E-state index is 9.62. The van der Waals surface area contributed by atoms with Gasteiger partial charge in [0, 0.05) is 37.9 Å². The third-order valence-electron chi connectivity index (χ3n) is 3.84. The number of ether oxygens (including phenoxy) is 1. The summed E-state index contributed by atoms with van der Waals surface area (Å²) in [6.45, 7) is 1.80. The van der Waals surface area contributed by atoms with Gasteiger partial charge >= 0.3 is 0 Å². The van der Waals surface area contributed by atoms with Crippen LogP contribution in [0.4, 0.5) is 0 Å². The zero-order chi connectivity index (χ0) is 11.7. The van der Waals surface area contributed by atoms with Gasteiger partial charge in [-0.05, 0) is 25.7 Å². The molecule has 0 spiro atoms. The van der Waals surface area contributed by atoms with Gasteiger partial charge in [-0.15, -0.1) is 0 Å². The van der Waals surface area contributed by atoms with Crippen LogP contribution >= 0.6 is 0 Å². The van der Waals surface area contributed by atoms with Gasteiger partial charge in [-0.1, -0.05) is 0 Å². The van der Waals surface area contributed by atoms with E-state index in [9.17, 15) is 5.11 Å². The molecule has 1 aromatic heterocycles. The van der Waals surface area contributed by atoms with E-state index in [-0.39, 0.29) is 6.10 Å². The number of aliphatic hydroxyl groups is 1. The van der Waals surface area contributed by atoms with Gasteiger partial charge in [0.05, 0.1) is 12.2 Å². The molecule has 1 saturated heterocycles. The van der Waals surface area contributed by atoms with Crippen molar-refractivity contribution in [3.8, 4) is 0 Å². The molecule has 0 radical (unpaired) electrons. The zero-order valence-corrected chi connectivity index (χ0v) is 10.1. The molecule has 17 heavy (non-hydrogen) atoms. The maximum Gasteiger partial charge on any atom is 0.111 e. The Morgan fingerprint density at radius 2 is 2.35 bits per heavy atom. The van der Waals surface area contributed by atoms with E-state index in [4.69, 9.17) is 4.74 Å². The largest absolute Gasteiger partial charge is 0.393 e. The Morgan fingerprint density at radius 1 is 1.41 bits per heavy atom. The molecule has 0 saturated carbocycles. The van der Waals surface area contributed by atoms with E-state index in [2.05, 4.69) is 9.55 Å². The summed E-state index contributed by atoms with van der Waals surface area (Å²) in [5.74, 6) is 1.14. The predicted octanol–water partition coefficient (Wildman–Crippen LogP) is 1.30. The van der Waals surface area contributed by atoms with Gasteiger partial charge in [0.15, 0.2) is 0 Å². The number of hydrogen-bond donors (Lipinski definition) is 1. The first kappa shape index (κ1) is 11.2. The molecule has 2 aliphatic rings. The van der Waals surface area contributed by atoms with Gasteiger partial charge in [-0.2, -0.15) is 0 Å². The Hall–Kier alpha value is -0.870. The summed E-state index contributed by atoms with van der Waals surface area (Å²) in [6.07, 6.45) is 8.24.